The number of rotatable bonds is 4. The van der Waals surface area contributed by atoms with Crippen LogP contribution in [0.25, 0.3) is 0 Å². The van der Waals surface area contributed by atoms with E-state index in [-0.39, 0.29) is 6.61 Å². The molecule has 0 aliphatic rings. The van der Waals surface area contributed by atoms with E-state index in [1.54, 1.807) is 6.07 Å². The Labute approximate surface area is 101 Å². The van der Waals surface area contributed by atoms with Crippen molar-refractivity contribution in [1.82, 2.24) is 0 Å². The van der Waals surface area contributed by atoms with Gasteiger partial charge in [0, 0.05) is 20.8 Å². The molecule has 78 valence electrons. The smallest absolute Gasteiger partial charge is 0.0942 e. The van der Waals surface area contributed by atoms with E-state index in [9.17, 15) is 0 Å². The minimum Gasteiger partial charge on any atom is -0.394 e. The predicted octanol–water partition coefficient (Wildman–Crippen LogP) is 1.71. The largest absolute Gasteiger partial charge is 0.394 e. The van der Waals surface area contributed by atoms with E-state index in [0.29, 0.717) is 11.6 Å². The summed E-state index contributed by atoms with van der Waals surface area (Å²) in [6.45, 7) is 0.0886. The summed E-state index contributed by atoms with van der Waals surface area (Å²) in [5.74, 6) is 0. The molecule has 1 rings (SSSR count). The van der Waals surface area contributed by atoms with E-state index >= 15 is 0 Å². The van der Waals surface area contributed by atoms with Crippen molar-refractivity contribution in [1.29, 1.82) is 0 Å². The van der Waals surface area contributed by atoms with E-state index in [0.717, 1.165) is 9.26 Å². The molecule has 5 heteroatoms. The molecule has 0 aromatic heterocycles. The van der Waals surface area contributed by atoms with Gasteiger partial charge in [-0.15, -0.1) is 0 Å². The van der Waals surface area contributed by atoms with Crippen molar-refractivity contribution in [3.05, 3.63) is 26.8 Å². The number of anilines is 1. The molecule has 14 heavy (non-hydrogen) atoms. The molecule has 0 fully saturated rings. The van der Waals surface area contributed by atoms with Crippen LogP contribution >= 0.6 is 34.2 Å². The summed E-state index contributed by atoms with van der Waals surface area (Å²) < 4.78 is 0.986. The Hall–Kier alpha value is -0.0400. The third-order valence-corrected chi connectivity index (χ3v) is 2.80. The van der Waals surface area contributed by atoms with E-state index in [4.69, 9.17) is 21.8 Å². The zero-order valence-electron chi connectivity index (χ0n) is 7.37. The second-order valence-corrected chi connectivity index (χ2v) is 4.44. The lowest BCUT2D eigenvalue weighted by Crippen LogP contribution is -2.23. The number of nitrogens with one attached hydrogen (secondary N) is 1. The third kappa shape index (κ3) is 3.61. The van der Waals surface area contributed by atoms with Crippen LogP contribution in [0.1, 0.15) is 0 Å². The highest BCUT2D eigenvalue weighted by molar-refractivity contribution is 14.1. The molecular weight excluding hydrogens is 316 g/mol. The van der Waals surface area contributed by atoms with Crippen LogP contribution in [0.4, 0.5) is 5.69 Å². The van der Waals surface area contributed by atoms with Crippen LogP contribution in [0.3, 0.4) is 0 Å². The van der Waals surface area contributed by atoms with Crippen molar-refractivity contribution < 1.29 is 10.2 Å². The van der Waals surface area contributed by atoms with E-state index < -0.39 is 6.10 Å². The third-order valence-electron chi connectivity index (χ3n) is 1.67. The maximum absolute atomic E-state index is 9.12. The molecule has 0 saturated heterocycles. The topological polar surface area (TPSA) is 52.5 Å². The van der Waals surface area contributed by atoms with Gasteiger partial charge in [-0.2, -0.15) is 0 Å². The zero-order chi connectivity index (χ0) is 10.6. The van der Waals surface area contributed by atoms with Crippen LogP contribution in [0.2, 0.25) is 5.02 Å². The first-order chi connectivity index (χ1) is 6.63. The van der Waals surface area contributed by atoms with Gasteiger partial charge < -0.3 is 15.5 Å². The maximum atomic E-state index is 9.12. The maximum Gasteiger partial charge on any atom is 0.0942 e. The lowest BCUT2D eigenvalue weighted by molar-refractivity contribution is 0.105. The highest BCUT2D eigenvalue weighted by atomic mass is 127. The molecule has 3 N–H and O–H groups in total. The Morgan fingerprint density at radius 3 is 2.79 bits per heavy atom. The second-order valence-electron chi connectivity index (χ2n) is 2.84. The van der Waals surface area contributed by atoms with Crippen molar-refractivity contribution in [3.63, 3.8) is 0 Å². The van der Waals surface area contributed by atoms with Crippen molar-refractivity contribution >= 4 is 39.9 Å². The molecule has 0 heterocycles. The molecule has 3 nitrogen and oxygen atoms in total. The SMILES string of the molecule is OCC(O)CNc1ccc(Cl)cc1I. The van der Waals surface area contributed by atoms with E-state index in [1.807, 2.05) is 12.1 Å². The predicted molar refractivity (Wildman–Crippen MR) is 65.8 cm³/mol. The van der Waals surface area contributed by atoms with Crippen LogP contribution in [-0.4, -0.2) is 29.5 Å². The average Bonchev–Trinajstić information content (AvgIpc) is 2.16. The zero-order valence-corrected chi connectivity index (χ0v) is 10.3. The molecule has 0 amide bonds. The van der Waals surface area contributed by atoms with E-state index in [1.165, 1.54) is 0 Å². The number of halogens is 2. The van der Waals surface area contributed by atoms with Gasteiger partial charge in [0.2, 0.25) is 0 Å². The number of benzene rings is 1. The highest BCUT2D eigenvalue weighted by Crippen LogP contribution is 2.21. The van der Waals surface area contributed by atoms with Gasteiger partial charge in [-0.3, -0.25) is 0 Å². The minimum absolute atomic E-state index is 0.239. The fourth-order valence-electron chi connectivity index (χ4n) is 0.925. The summed E-state index contributed by atoms with van der Waals surface area (Å²) in [6, 6.07) is 5.45. The average molecular weight is 328 g/mol. The fourth-order valence-corrected chi connectivity index (χ4v) is 1.99. The highest BCUT2D eigenvalue weighted by Gasteiger charge is 2.03. The van der Waals surface area contributed by atoms with Gasteiger partial charge in [-0.25, -0.2) is 0 Å². The quantitative estimate of drug-likeness (QED) is 0.738. The Morgan fingerprint density at radius 1 is 1.50 bits per heavy atom. The summed E-state index contributed by atoms with van der Waals surface area (Å²) >= 11 is 7.94. The summed E-state index contributed by atoms with van der Waals surface area (Å²) in [5, 5.41) is 21.4. The van der Waals surface area contributed by atoms with Crippen LogP contribution < -0.4 is 5.32 Å². The van der Waals surface area contributed by atoms with Gasteiger partial charge >= 0.3 is 0 Å². The van der Waals surface area contributed by atoms with Crippen molar-refractivity contribution in [2.24, 2.45) is 0 Å². The van der Waals surface area contributed by atoms with Gasteiger partial charge in [0.25, 0.3) is 0 Å². The van der Waals surface area contributed by atoms with E-state index in [2.05, 4.69) is 27.9 Å². The fraction of sp³-hybridized carbons (Fsp3) is 0.333. The molecule has 0 spiro atoms. The normalized spacial score (nSPS) is 12.6. The van der Waals surface area contributed by atoms with Crippen LogP contribution in [0.15, 0.2) is 18.2 Å². The Bertz CT molecular complexity index is 309. The first-order valence-electron chi connectivity index (χ1n) is 4.11. The Kier molecular flexibility index (Phi) is 4.94. The first kappa shape index (κ1) is 12.0. The second kappa shape index (κ2) is 5.75. The summed E-state index contributed by atoms with van der Waals surface area (Å²) in [6.07, 6.45) is -0.735. The molecule has 1 aromatic carbocycles. The number of aliphatic hydroxyl groups excluding tert-OH is 2. The minimum atomic E-state index is -0.735. The van der Waals surface area contributed by atoms with Crippen LogP contribution in [0.5, 0.6) is 0 Å². The van der Waals surface area contributed by atoms with Gasteiger partial charge in [-0.1, -0.05) is 11.6 Å². The van der Waals surface area contributed by atoms with Gasteiger partial charge in [0.15, 0.2) is 0 Å². The number of hydrogen-bond donors (Lipinski definition) is 3. The summed E-state index contributed by atoms with van der Waals surface area (Å²) in [7, 11) is 0. The van der Waals surface area contributed by atoms with Gasteiger partial charge in [0.1, 0.15) is 0 Å². The molecule has 0 aliphatic carbocycles. The number of hydrogen-bond acceptors (Lipinski definition) is 3. The Balaban J connectivity index is 2.59. The molecule has 0 aliphatic heterocycles. The van der Waals surface area contributed by atoms with Crippen molar-refractivity contribution in [2.75, 3.05) is 18.5 Å². The summed E-state index contributed by atoms with van der Waals surface area (Å²) in [4.78, 5) is 0. The lowest BCUT2D eigenvalue weighted by Gasteiger charge is -2.11. The standard InChI is InChI=1S/C9H11ClINO2/c10-6-1-2-9(8(11)3-6)12-4-7(14)5-13/h1-3,7,12-14H,4-5H2. The molecule has 1 unspecified atom stereocenters. The lowest BCUT2D eigenvalue weighted by atomic mass is 10.3. The molecule has 0 bridgehead atoms. The molecule has 1 atom stereocenters. The summed E-state index contributed by atoms with van der Waals surface area (Å²) in [5.41, 5.74) is 0.905. The molecule has 1 aromatic rings. The van der Waals surface area contributed by atoms with Gasteiger partial charge in [-0.05, 0) is 40.8 Å². The van der Waals surface area contributed by atoms with Crippen LogP contribution in [-0.2, 0) is 0 Å². The first-order valence-corrected chi connectivity index (χ1v) is 5.57. The van der Waals surface area contributed by atoms with Crippen molar-refractivity contribution in [3.8, 4) is 0 Å². The van der Waals surface area contributed by atoms with Gasteiger partial charge in [0.05, 0.1) is 12.7 Å². The van der Waals surface area contributed by atoms with Crippen molar-refractivity contribution in [2.45, 2.75) is 6.10 Å². The molecule has 0 radical (unpaired) electrons. The molecule has 0 saturated carbocycles. The number of aliphatic hydroxyl groups is 2. The van der Waals surface area contributed by atoms with Crippen LogP contribution in [0, 0.1) is 3.57 Å². The molecular formula is C9H11ClINO2. The Morgan fingerprint density at radius 2 is 2.21 bits per heavy atom. The monoisotopic (exact) mass is 327 g/mol.